The van der Waals surface area contributed by atoms with Crippen molar-refractivity contribution >= 4 is 23.3 Å². The Hall–Kier alpha value is -2.38. The summed E-state index contributed by atoms with van der Waals surface area (Å²) in [7, 11) is 0. The monoisotopic (exact) mass is 373 g/mol. The highest BCUT2D eigenvalue weighted by molar-refractivity contribution is 7.09. The number of nitrogens with zero attached hydrogens (tertiary/aromatic N) is 1. The lowest BCUT2D eigenvalue weighted by Crippen LogP contribution is -2.40. The highest BCUT2D eigenvalue weighted by Gasteiger charge is 2.18. The molecule has 1 aliphatic heterocycles. The molecule has 1 fully saturated rings. The molecule has 1 aliphatic rings. The van der Waals surface area contributed by atoms with Crippen LogP contribution >= 0.6 is 11.3 Å². The van der Waals surface area contributed by atoms with Gasteiger partial charge in [0.2, 0.25) is 0 Å². The second-order valence-electron chi connectivity index (χ2n) is 6.04. The van der Waals surface area contributed by atoms with E-state index in [0.717, 1.165) is 12.0 Å². The molecule has 1 saturated heterocycles. The summed E-state index contributed by atoms with van der Waals surface area (Å²) < 4.78 is 5.27. The summed E-state index contributed by atoms with van der Waals surface area (Å²) in [6.45, 7) is 3.49. The molecule has 0 radical (unpaired) electrons. The SMILES string of the molecule is O=C(NCCc1cccs1)NCc1ccc(C(=O)N2CCOCC2)cc1. The number of thiophene rings is 1. The fourth-order valence-corrected chi connectivity index (χ4v) is 3.42. The lowest BCUT2D eigenvalue weighted by atomic mass is 10.1. The topological polar surface area (TPSA) is 70.7 Å². The van der Waals surface area contributed by atoms with Gasteiger partial charge in [-0.1, -0.05) is 18.2 Å². The standard InChI is InChI=1S/C19H23N3O3S/c23-18(22-9-11-25-12-10-22)16-5-3-15(4-6-16)14-21-19(24)20-8-7-17-2-1-13-26-17/h1-6,13H,7-12,14H2,(H2,20,21,24). The second-order valence-corrected chi connectivity index (χ2v) is 7.07. The number of hydrogen-bond acceptors (Lipinski definition) is 4. The van der Waals surface area contributed by atoms with Crippen molar-refractivity contribution in [3.05, 3.63) is 57.8 Å². The van der Waals surface area contributed by atoms with E-state index in [1.54, 1.807) is 16.2 Å². The minimum Gasteiger partial charge on any atom is -0.378 e. The van der Waals surface area contributed by atoms with Crippen LogP contribution in [0.5, 0.6) is 0 Å². The van der Waals surface area contributed by atoms with Crippen molar-refractivity contribution in [3.8, 4) is 0 Å². The van der Waals surface area contributed by atoms with Crippen LogP contribution in [0, 0.1) is 0 Å². The molecule has 3 amide bonds. The number of hydrogen-bond donors (Lipinski definition) is 2. The number of benzene rings is 1. The molecule has 0 saturated carbocycles. The summed E-state index contributed by atoms with van der Waals surface area (Å²) >= 11 is 1.69. The van der Waals surface area contributed by atoms with Gasteiger partial charge in [0.1, 0.15) is 0 Å². The van der Waals surface area contributed by atoms with Crippen molar-refractivity contribution in [3.63, 3.8) is 0 Å². The first kappa shape index (κ1) is 18.4. The summed E-state index contributed by atoms with van der Waals surface area (Å²) in [6.07, 6.45) is 0.837. The molecule has 0 aliphatic carbocycles. The van der Waals surface area contributed by atoms with E-state index >= 15 is 0 Å². The number of carbonyl (C=O) groups excluding carboxylic acids is 2. The smallest absolute Gasteiger partial charge is 0.315 e. The average Bonchev–Trinajstić information content (AvgIpc) is 3.20. The molecule has 3 rings (SSSR count). The highest BCUT2D eigenvalue weighted by Crippen LogP contribution is 2.10. The number of ether oxygens (including phenoxy) is 1. The van der Waals surface area contributed by atoms with Crippen LogP contribution in [0.3, 0.4) is 0 Å². The average molecular weight is 373 g/mol. The van der Waals surface area contributed by atoms with Gasteiger partial charge in [-0.15, -0.1) is 11.3 Å². The van der Waals surface area contributed by atoms with Gasteiger partial charge in [-0.3, -0.25) is 4.79 Å². The molecule has 1 aromatic heterocycles. The Balaban J connectivity index is 1.40. The molecule has 7 heteroatoms. The number of nitrogens with one attached hydrogen (secondary N) is 2. The van der Waals surface area contributed by atoms with Crippen molar-refractivity contribution < 1.29 is 14.3 Å². The maximum Gasteiger partial charge on any atom is 0.315 e. The maximum absolute atomic E-state index is 12.4. The third kappa shape index (κ3) is 5.31. The van der Waals surface area contributed by atoms with E-state index in [0.29, 0.717) is 45.0 Å². The Morgan fingerprint density at radius 2 is 1.85 bits per heavy atom. The fourth-order valence-electron chi connectivity index (χ4n) is 2.71. The first-order valence-corrected chi connectivity index (χ1v) is 9.60. The maximum atomic E-state index is 12.4. The van der Waals surface area contributed by atoms with Gasteiger partial charge in [0.25, 0.3) is 5.91 Å². The fraction of sp³-hybridized carbons (Fsp3) is 0.368. The van der Waals surface area contributed by atoms with Crippen LogP contribution in [0.15, 0.2) is 41.8 Å². The molecule has 138 valence electrons. The Labute approximate surface area is 157 Å². The summed E-state index contributed by atoms with van der Waals surface area (Å²) in [5.41, 5.74) is 1.62. The summed E-state index contributed by atoms with van der Waals surface area (Å²) in [5, 5.41) is 7.71. The number of rotatable bonds is 6. The quantitative estimate of drug-likeness (QED) is 0.816. The molecule has 0 unspecified atom stereocenters. The number of carbonyl (C=O) groups is 2. The van der Waals surface area contributed by atoms with Gasteiger partial charge >= 0.3 is 6.03 Å². The van der Waals surface area contributed by atoms with E-state index in [2.05, 4.69) is 16.7 Å². The zero-order valence-corrected chi connectivity index (χ0v) is 15.4. The minimum atomic E-state index is -0.185. The molecule has 0 bridgehead atoms. The molecule has 0 spiro atoms. The molecular weight excluding hydrogens is 350 g/mol. The van der Waals surface area contributed by atoms with Gasteiger partial charge in [0, 0.05) is 36.6 Å². The molecule has 26 heavy (non-hydrogen) atoms. The number of morpholine rings is 1. The zero-order chi connectivity index (χ0) is 18.2. The molecule has 0 atom stereocenters. The van der Waals surface area contributed by atoms with Crippen LogP contribution in [0.2, 0.25) is 0 Å². The van der Waals surface area contributed by atoms with Crippen molar-refractivity contribution in [2.75, 3.05) is 32.8 Å². The van der Waals surface area contributed by atoms with Crippen LogP contribution in [-0.2, 0) is 17.7 Å². The summed E-state index contributed by atoms with van der Waals surface area (Å²) in [6, 6.07) is 11.2. The molecule has 2 N–H and O–H groups in total. The minimum absolute atomic E-state index is 0.0270. The van der Waals surface area contributed by atoms with E-state index < -0.39 is 0 Å². The molecule has 6 nitrogen and oxygen atoms in total. The Bertz CT molecular complexity index is 710. The lowest BCUT2D eigenvalue weighted by Gasteiger charge is -2.26. The van der Waals surface area contributed by atoms with E-state index in [1.165, 1.54) is 4.88 Å². The third-order valence-corrected chi connectivity index (χ3v) is 5.13. The Morgan fingerprint density at radius 3 is 2.54 bits per heavy atom. The van der Waals surface area contributed by atoms with Gasteiger partial charge in [-0.05, 0) is 35.6 Å². The number of amides is 3. The first-order chi connectivity index (χ1) is 12.7. The first-order valence-electron chi connectivity index (χ1n) is 8.72. The predicted octanol–water partition coefficient (Wildman–Crippen LogP) is 2.26. The van der Waals surface area contributed by atoms with Crippen LogP contribution in [0.4, 0.5) is 4.79 Å². The zero-order valence-electron chi connectivity index (χ0n) is 14.6. The summed E-state index contributed by atoms with van der Waals surface area (Å²) in [4.78, 5) is 27.3. The van der Waals surface area contributed by atoms with Crippen LogP contribution in [0.25, 0.3) is 0 Å². The normalized spacial score (nSPS) is 14.1. The summed E-state index contributed by atoms with van der Waals surface area (Å²) in [5.74, 6) is 0.0270. The Morgan fingerprint density at radius 1 is 1.08 bits per heavy atom. The van der Waals surface area contributed by atoms with E-state index in [4.69, 9.17) is 4.74 Å². The molecule has 1 aromatic carbocycles. The van der Waals surface area contributed by atoms with Gasteiger partial charge in [-0.2, -0.15) is 0 Å². The van der Waals surface area contributed by atoms with Gasteiger partial charge < -0.3 is 20.3 Å². The van der Waals surface area contributed by atoms with E-state index in [9.17, 15) is 9.59 Å². The molecular formula is C19H23N3O3S. The lowest BCUT2D eigenvalue weighted by molar-refractivity contribution is 0.0303. The van der Waals surface area contributed by atoms with Crippen molar-refractivity contribution in [1.82, 2.24) is 15.5 Å². The Kier molecular flexibility index (Phi) is 6.62. The van der Waals surface area contributed by atoms with E-state index in [1.807, 2.05) is 35.7 Å². The third-order valence-electron chi connectivity index (χ3n) is 4.19. The van der Waals surface area contributed by atoms with E-state index in [-0.39, 0.29) is 11.9 Å². The number of urea groups is 1. The van der Waals surface area contributed by atoms with Gasteiger partial charge in [0.15, 0.2) is 0 Å². The van der Waals surface area contributed by atoms with Crippen molar-refractivity contribution in [2.45, 2.75) is 13.0 Å². The highest BCUT2D eigenvalue weighted by atomic mass is 32.1. The largest absolute Gasteiger partial charge is 0.378 e. The molecule has 2 heterocycles. The van der Waals surface area contributed by atoms with Gasteiger partial charge in [0.05, 0.1) is 13.2 Å². The second kappa shape index (κ2) is 9.35. The molecule has 2 aromatic rings. The van der Waals surface area contributed by atoms with Gasteiger partial charge in [-0.25, -0.2) is 4.79 Å². The van der Waals surface area contributed by atoms with Crippen molar-refractivity contribution in [1.29, 1.82) is 0 Å². The van der Waals surface area contributed by atoms with Crippen LogP contribution in [0.1, 0.15) is 20.8 Å². The predicted molar refractivity (Wildman–Crippen MR) is 101 cm³/mol. The van der Waals surface area contributed by atoms with Crippen LogP contribution in [-0.4, -0.2) is 49.7 Å². The van der Waals surface area contributed by atoms with Crippen molar-refractivity contribution in [2.24, 2.45) is 0 Å². The van der Waals surface area contributed by atoms with Crippen LogP contribution < -0.4 is 10.6 Å².